The maximum Gasteiger partial charge on any atom is 0.267 e. The van der Waals surface area contributed by atoms with Crippen molar-refractivity contribution >= 4 is 17.3 Å². The third-order valence-electron chi connectivity index (χ3n) is 3.01. The summed E-state index contributed by atoms with van der Waals surface area (Å²) in [4.78, 5) is 16.3. The highest BCUT2D eigenvalue weighted by Crippen LogP contribution is 2.23. The second-order valence-electron chi connectivity index (χ2n) is 4.66. The molecule has 0 aliphatic carbocycles. The van der Waals surface area contributed by atoms with Gasteiger partial charge in [-0.05, 0) is 31.2 Å². The van der Waals surface area contributed by atoms with E-state index in [1.54, 1.807) is 30.5 Å². The number of ether oxygens (including phenoxy) is 1. The number of carbonyl (C=O) groups excluding carboxylic acids is 1. The number of nitrogens with one attached hydrogen (secondary N) is 2. The molecule has 0 saturated heterocycles. The zero-order chi connectivity index (χ0) is 16.7. The van der Waals surface area contributed by atoms with Gasteiger partial charge >= 0.3 is 0 Å². The highest BCUT2D eigenvalue weighted by Gasteiger charge is 2.11. The number of hydrogen-bond acceptors (Lipinski definition) is 5. The van der Waals surface area contributed by atoms with Gasteiger partial charge in [0.25, 0.3) is 5.91 Å². The van der Waals surface area contributed by atoms with E-state index in [0.717, 1.165) is 5.69 Å². The molecule has 1 aromatic carbocycles. The lowest BCUT2D eigenvalue weighted by atomic mass is 10.2. The van der Waals surface area contributed by atoms with Crippen LogP contribution in [-0.4, -0.2) is 18.0 Å². The lowest BCUT2D eigenvalue weighted by Gasteiger charge is -2.09. The molecule has 23 heavy (non-hydrogen) atoms. The van der Waals surface area contributed by atoms with Crippen LogP contribution in [-0.2, 0) is 4.79 Å². The molecule has 0 aliphatic heterocycles. The largest absolute Gasteiger partial charge is 0.495 e. The van der Waals surface area contributed by atoms with Crippen LogP contribution in [0.25, 0.3) is 0 Å². The van der Waals surface area contributed by atoms with Crippen LogP contribution >= 0.6 is 0 Å². The van der Waals surface area contributed by atoms with Gasteiger partial charge in [0.1, 0.15) is 17.4 Å². The molecule has 6 heteroatoms. The first-order valence-electron chi connectivity index (χ1n) is 6.88. The van der Waals surface area contributed by atoms with Crippen molar-refractivity contribution < 1.29 is 9.53 Å². The monoisotopic (exact) mass is 308 g/mol. The number of anilines is 2. The van der Waals surface area contributed by atoms with Crippen LogP contribution in [0.3, 0.4) is 0 Å². The van der Waals surface area contributed by atoms with E-state index in [4.69, 9.17) is 10.00 Å². The maximum atomic E-state index is 12.2. The van der Waals surface area contributed by atoms with Crippen molar-refractivity contribution in [2.45, 2.75) is 6.92 Å². The summed E-state index contributed by atoms with van der Waals surface area (Å²) in [5, 5.41) is 14.7. The van der Waals surface area contributed by atoms with E-state index in [2.05, 4.69) is 15.6 Å². The minimum atomic E-state index is -0.524. The Morgan fingerprint density at radius 1 is 1.30 bits per heavy atom. The van der Waals surface area contributed by atoms with Gasteiger partial charge in [-0.2, -0.15) is 5.26 Å². The first-order valence-corrected chi connectivity index (χ1v) is 6.88. The number of carbonyl (C=O) groups is 1. The van der Waals surface area contributed by atoms with Crippen LogP contribution in [0.5, 0.6) is 5.75 Å². The molecule has 0 aliphatic rings. The van der Waals surface area contributed by atoms with E-state index in [1.165, 1.54) is 13.3 Å². The molecule has 2 rings (SSSR count). The minimum absolute atomic E-state index is 0.0588. The third-order valence-corrected chi connectivity index (χ3v) is 3.01. The summed E-state index contributed by atoms with van der Waals surface area (Å²) in [6.07, 6.45) is 2.97. The van der Waals surface area contributed by atoms with Crippen LogP contribution in [0.15, 0.2) is 54.4 Å². The van der Waals surface area contributed by atoms with E-state index in [1.807, 2.05) is 25.1 Å². The van der Waals surface area contributed by atoms with Crippen LogP contribution in [0.1, 0.15) is 5.69 Å². The van der Waals surface area contributed by atoms with Gasteiger partial charge in [-0.3, -0.25) is 9.78 Å². The third kappa shape index (κ3) is 4.32. The summed E-state index contributed by atoms with van der Waals surface area (Å²) in [6.45, 7) is 1.88. The molecule has 2 N–H and O–H groups in total. The van der Waals surface area contributed by atoms with Crippen molar-refractivity contribution in [2.75, 3.05) is 17.7 Å². The average molecular weight is 308 g/mol. The van der Waals surface area contributed by atoms with Crippen LogP contribution in [0.2, 0.25) is 0 Å². The Kier molecular flexibility index (Phi) is 5.31. The fraction of sp³-hybridized carbons (Fsp3) is 0.118. The van der Waals surface area contributed by atoms with Gasteiger partial charge in [-0.15, -0.1) is 0 Å². The number of nitrogens with zero attached hydrogens (tertiary/aromatic N) is 2. The fourth-order valence-corrected chi connectivity index (χ4v) is 1.79. The molecule has 1 amide bonds. The lowest BCUT2D eigenvalue weighted by molar-refractivity contribution is -0.112. The van der Waals surface area contributed by atoms with Gasteiger partial charge in [-0.25, -0.2) is 0 Å². The highest BCUT2D eigenvalue weighted by molar-refractivity contribution is 6.07. The number of hydrogen-bond donors (Lipinski definition) is 2. The highest BCUT2D eigenvalue weighted by atomic mass is 16.5. The maximum absolute atomic E-state index is 12.2. The van der Waals surface area contributed by atoms with Crippen molar-refractivity contribution in [2.24, 2.45) is 0 Å². The number of aryl methyl sites for hydroxylation is 1. The van der Waals surface area contributed by atoms with E-state index in [0.29, 0.717) is 17.1 Å². The molecular formula is C17H16N4O2. The van der Waals surface area contributed by atoms with Crippen molar-refractivity contribution in [3.05, 3.63) is 60.1 Å². The predicted octanol–water partition coefficient (Wildman–Crippen LogP) is 2.86. The number of para-hydroxylation sites is 2. The predicted molar refractivity (Wildman–Crippen MR) is 87.9 cm³/mol. The summed E-state index contributed by atoms with van der Waals surface area (Å²) >= 11 is 0. The zero-order valence-corrected chi connectivity index (χ0v) is 12.8. The van der Waals surface area contributed by atoms with Crippen LogP contribution < -0.4 is 15.4 Å². The molecular weight excluding hydrogens is 292 g/mol. The molecule has 0 radical (unpaired) electrons. The Labute approximate surface area is 134 Å². The van der Waals surface area contributed by atoms with E-state index in [9.17, 15) is 4.79 Å². The smallest absolute Gasteiger partial charge is 0.267 e. The fourth-order valence-electron chi connectivity index (χ4n) is 1.79. The summed E-state index contributed by atoms with van der Waals surface area (Å²) in [5.41, 5.74) is 2.01. The van der Waals surface area contributed by atoms with Crippen LogP contribution in [0.4, 0.5) is 11.4 Å². The van der Waals surface area contributed by atoms with Crippen LogP contribution in [0, 0.1) is 18.3 Å². The number of aromatic nitrogens is 1. The second kappa shape index (κ2) is 7.61. The first kappa shape index (κ1) is 16.0. The van der Waals surface area contributed by atoms with Crippen molar-refractivity contribution in [3.63, 3.8) is 0 Å². The number of nitriles is 1. The molecule has 1 aromatic heterocycles. The Morgan fingerprint density at radius 3 is 2.74 bits per heavy atom. The number of amides is 1. The second-order valence-corrected chi connectivity index (χ2v) is 4.66. The Morgan fingerprint density at radius 2 is 2.09 bits per heavy atom. The molecule has 0 unspecified atom stereocenters. The Bertz CT molecular complexity index is 761. The first-order chi connectivity index (χ1) is 11.1. The molecule has 116 valence electrons. The normalized spacial score (nSPS) is 10.6. The molecule has 0 spiro atoms. The summed E-state index contributed by atoms with van der Waals surface area (Å²) in [5.74, 6) is -0.00148. The lowest BCUT2D eigenvalue weighted by Crippen LogP contribution is -2.15. The molecule has 1 heterocycles. The van der Waals surface area contributed by atoms with Gasteiger partial charge in [-0.1, -0.05) is 12.1 Å². The van der Waals surface area contributed by atoms with Gasteiger partial charge in [0.15, 0.2) is 0 Å². The zero-order valence-electron chi connectivity index (χ0n) is 12.8. The summed E-state index contributed by atoms with van der Waals surface area (Å²) in [7, 11) is 1.51. The average Bonchev–Trinajstić information content (AvgIpc) is 2.57. The molecule has 0 fully saturated rings. The van der Waals surface area contributed by atoms with Gasteiger partial charge in [0, 0.05) is 11.9 Å². The Balaban J connectivity index is 2.10. The number of pyridine rings is 1. The molecule has 6 nitrogen and oxygen atoms in total. The summed E-state index contributed by atoms with van der Waals surface area (Å²) < 4.78 is 5.16. The SMILES string of the molecule is COc1ccccc1NC(=O)/C(C#N)=C\Nc1ccc(C)nc1. The van der Waals surface area contributed by atoms with E-state index < -0.39 is 5.91 Å². The van der Waals surface area contributed by atoms with Crippen molar-refractivity contribution in [3.8, 4) is 11.8 Å². The molecule has 0 atom stereocenters. The van der Waals surface area contributed by atoms with Gasteiger partial charge in [0.05, 0.1) is 24.7 Å². The number of benzene rings is 1. The summed E-state index contributed by atoms with van der Waals surface area (Å²) in [6, 6.07) is 12.5. The molecule has 0 saturated carbocycles. The topological polar surface area (TPSA) is 87.0 Å². The molecule has 2 aromatic rings. The quantitative estimate of drug-likeness (QED) is 0.655. The Hall–Kier alpha value is -3.33. The molecule has 0 bridgehead atoms. The number of methoxy groups -OCH3 is 1. The van der Waals surface area contributed by atoms with Gasteiger partial charge < -0.3 is 15.4 Å². The minimum Gasteiger partial charge on any atom is -0.495 e. The standard InChI is InChI=1S/C17H16N4O2/c1-12-7-8-14(11-19-12)20-10-13(9-18)17(22)21-15-5-3-4-6-16(15)23-2/h3-8,10-11,20H,1-2H3,(H,21,22)/b13-10-. The van der Waals surface area contributed by atoms with E-state index >= 15 is 0 Å². The van der Waals surface area contributed by atoms with Crippen molar-refractivity contribution in [1.29, 1.82) is 5.26 Å². The van der Waals surface area contributed by atoms with Crippen molar-refractivity contribution in [1.82, 2.24) is 4.98 Å². The van der Waals surface area contributed by atoms with Gasteiger partial charge in [0.2, 0.25) is 0 Å². The van der Waals surface area contributed by atoms with E-state index in [-0.39, 0.29) is 5.57 Å². The number of rotatable bonds is 5.